The topological polar surface area (TPSA) is 83.0 Å². The lowest BCUT2D eigenvalue weighted by Gasteiger charge is -2.08. The number of carbonyl (C=O) groups is 1. The molecule has 0 saturated heterocycles. The Morgan fingerprint density at radius 1 is 1.17 bits per heavy atom. The lowest BCUT2D eigenvalue weighted by molar-refractivity contribution is 0.0990. The minimum atomic E-state index is -0.685. The summed E-state index contributed by atoms with van der Waals surface area (Å²) in [5.41, 5.74) is 6.83. The third kappa shape index (κ3) is 3.23. The molecule has 0 bridgehead atoms. The first kappa shape index (κ1) is 16.0. The van der Waals surface area contributed by atoms with Gasteiger partial charge in [-0.2, -0.15) is 0 Å². The van der Waals surface area contributed by atoms with Crippen LogP contribution in [0.15, 0.2) is 48.5 Å². The summed E-state index contributed by atoms with van der Waals surface area (Å²) in [5.74, 6) is 0.526. The molecule has 7 heteroatoms. The molecular weight excluding hydrogens is 328 g/mol. The number of primary amides is 1. The molecule has 122 valence electrons. The van der Waals surface area contributed by atoms with E-state index in [1.807, 2.05) is 43.3 Å². The van der Waals surface area contributed by atoms with Crippen LogP contribution < -0.4 is 10.5 Å². The van der Waals surface area contributed by atoms with Crippen LogP contribution in [0.2, 0.25) is 5.02 Å². The number of amides is 1. The SMILES string of the molecule is CCOc1ccc(-n2nc(C(N)=O)nc2-c2ccc(Cl)cc2)cc1. The summed E-state index contributed by atoms with van der Waals surface area (Å²) in [6.45, 7) is 2.51. The van der Waals surface area contributed by atoms with Gasteiger partial charge in [0.15, 0.2) is 5.82 Å². The van der Waals surface area contributed by atoms with Crippen molar-refractivity contribution < 1.29 is 9.53 Å². The second-order valence-corrected chi connectivity index (χ2v) is 5.41. The molecule has 3 aromatic rings. The average Bonchev–Trinajstić information content (AvgIpc) is 3.02. The molecule has 0 unspecified atom stereocenters. The van der Waals surface area contributed by atoms with E-state index in [0.29, 0.717) is 17.5 Å². The van der Waals surface area contributed by atoms with Crippen molar-refractivity contribution in [2.75, 3.05) is 6.61 Å². The van der Waals surface area contributed by atoms with Crippen molar-refractivity contribution in [1.29, 1.82) is 0 Å². The number of nitrogens with two attached hydrogens (primary N) is 1. The lowest BCUT2D eigenvalue weighted by Crippen LogP contribution is -2.13. The zero-order valence-electron chi connectivity index (χ0n) is 12.9. The van der Waals surface area contributed by atoms with Gasteiger partial charge < -0.3 is 10.5 Å². The van der Waals surface area contributed by atoms with Crippen LogP contribution >= 0.6 is 11.6 Å². The number of carbonyl (C=O) groups excluding carboxylic acids is 1. The minimum absolute atomic E-state index is 0.0474. The van der Waals surface area contributed by atoms with E-state index in [1.165, 1.54) is 0 Å². The van der Waals surface area contributed by atoms with E-state index in [2.05, 4.69) is 10.1 Å². The highest BCUT2D eigenvalue weighted by Gasteiger charge is 2.16. The van der Waals surface area contributed by atoms with Crippen molar-refractivity contribution in [3.63, 3.8) is 0 Å². The third-order valence-electron chi connectivity index (χ3n) is 3.32. The van der Waals surface area contributed by atoms with Crippen LogP contribution in [-0.2, 0) is 0 Å². The Morgan fingerprint density at radius 3 is 2.42 bits per heavy atom. The van der Waals surface area contributed by atoms with Gasteiger partial charge in [0.25, 0.3) is 5.91 Å². The van der Waals surface area contributed by atoms with Crippen molar-refractivity contribution in [1.82, 2.24) is 14.8 Å². The van der Waals surface area contributed by atoms with E-state index in [-0.39, 0.29) is 5.82 Å². The minimum Gasteiger partial charge on any atom is -0.494 e. The number of halogens is 1. The van der Waals surface area contributed by atoms with Gasteiger partial charge in [0.1, 0.15) is 5.75 Å². The number of aromatic nitrogens is 3. The molecule has 3 rings (SSSR count). The molecule has 24 heavy (non-hydrogen) atoms. The first-order chi connectivity index (χ1) is 11.6. The van der Waals surface area contributed by atoms with Gasteiger partial charge in [0.2, 0.25) is 5.82 Å². The van der Waals surface area contributed by atoms with Crippen molar-refractivity contribution in [2.24, 2.45) is 5.73 Å². The summed E-state index contributed by atoms with van der Waals surface area (Å²) in [6.07, 6.45) is 0. The zero-order chi connectivity index (χ0) is 17.1. The van der Waals surface area contributed by atoms with Crippen LogP contribution in [0.4, 0.5) is 0 Å². The summed E-state index contributed by atoms with van der Waals surface area (Å²) in [7, 11) is 0. The van der Waals surface area contributed by atoms with Crippen LogP contribution in [0.3, 0.4) is 0 Å². The fourth-order valence-corrected chi connectivity index (χ4v) is 2.36. The fourth-order valence-electron chi connectivity index (χ4n) is 2.23. The van der Waals surface area contributed by atoms with E-state index in [9.17, 15) is 4.79 Å². The van der Waals surface area contributed by atoms with Crippen molar-refractivity contribution in [3.8, 4) is 22.8 Å². The lowest BCUT2D eigenvalue weighted by atomic mass is 10.2. The van der Waals surface area contributed by atoms with Crippen molar-refractivity contribution in [2.45, 2.75) is 6.92 Å². The molecule has 2 aromatic carbocycles. The predicted molar refractivity (Wildman–Crippen MR) is 91.5 cm³/mol. The molecule has 0 aliphatic heterocycles. The Hall–Kier alpha value is -2.86. The van der Waals surface area contributed by atoms with Gasteiger partial charge in [0, 0.05) is 10.6 Å². The van der Waals surface area contributed by atoms with Crippen LogP contribution in [-0.4, -0.2) is 27.3 Å². The van der Waals surface area contributed by atoms with E-state index >= 15 is 0 Å². The van der Waals surface area contributed by atoms with Gasteiger partial charge in [-0.05, 0) is 55.5 Å². The smallest absolute Gasteiger partial charge is 0.288 e. The molecule has 0 atom stereocenters. The van der Waals surface area contributed by atoms with E-state index in [4.69, 9.17) is 22.1 Å². The maximum atomic E-state index is 11.5. The molecule has 1 amide bonds. The number of rotatable bonds is 5. The monoisotopic (exact) mass is 342 g/mol. The fraction of sp³-hybridized carbons (Fsp3) is 0.118. The molecule has 2 N–H and O–H groups in total. The third-order valence-corrected chi connectivity index (χ3v) is 3.57. The molecule has 0 saturated carbocycles. The quantitative estimate of drug-likeness (QED) is 0.772. The first-order valence-electron chi connectivity index (χ1n) is 7.34. The molecule has 0 aliphatic carbocycles. The highest BCUT2D eigenvalue weighted by molar-refractivity contribution is 6.30. The van der Waals surface area contributed by atoms with Gasteiger partial charge in [-0.3, -0.25) is 4.79 Å². The molecule has 0 fully saturated rings. The number of ether oxygens (including phenoxy) is 1. The van der Waals surface area contributed by atoms with E-state index < -0.39 is 5.91 Å². The predicted octanol–water partition coefficient (Wildman–Crippen LogP) is 3.09. The summed E-state index contributed by atoms with van der Waals surface area (Å²) >= 11 is 5.93. The zero-order valence-corrected chi connectivity index (χ0v) is 13.7. The molecule has 0 radical (unpaired) electrons. The standard InChI is InChI=1S/C17H15ClN4O2/c1-2-24-14-9-7-13(8-10-14)22-17(20-16(21-22)15(19)23)11-3-5-12(18)6-4-11/h3-10H,2H2,1H3,(H2,19,23). The summed E-state index contributed by atoms with van der Waals surface area (Å²) in [5, 5.41) is 4.82. The van der Waals surface area contributed by atoms with Crippen molar-refractivity contribution >= 4 is 17.5 Å². The Kier molecular flexibility index (Phi) is 4.48. The number of nitrogens with zero attached hydrogens (tertiary/aromatic N) is 3. The summed E-state index contributed by atoms with van der Waals surface area (Å²) < 4.78 is 7.00. The van der Waals surface area contributed by atoms with Gasteiger partial charge in [-0.25, -0.2) is 9.67 Å². The molecule has 0 spiro atoms. The van der Waals surface area contributed by atoms with Gasteiger partial charge >= 0.3 is 0 Å². The number of hydrogen-bond acceptors (Lipinski definition) is 4. The van der Waals surface area contributed by atoms with Gasteiger partial charge in [-0.1, -0.05) is 11.6 Å². The van der Waals surface area contributed by atoms with Crippen LogP contribution in [0.25, 0.3) is 17.1 Å². The summed E-state index contributed by atoms with van der Waals surface area (Å²) in [6, 6.07) is 14.4. The van der Waals surface area contributed by atoms with Crippen molar-refractivity contribution in [3.05, 3.63) is 59.4 Å². The largest absolute Gasteiger partial charge is 0.494 e. The molecular formula is C17H15ClN4O2. The normalized spacial score (nSPS) is 10.6. The van der Waals surface area contributed by atoms with Crippen LogP contribution in [0.1, 0.15) is 17.5 Å². The Balaban J connectivity index is 2.08. The summed E-state index contributed by atoms with van der Waals surface area (Å²) in [4.78, 5) is 15.7. The highest BCUT2D eigenvalue weighted by Crippen LogP contribution is 2.24. The second kappa shape index (κ2) is 6.72. The number of hydrogen-bond donors (Lipinski definition) is 1. The second-order valence-electron chi connectivity index (χ2n) is 4.97. The first-order valence-corrected chi connectivity index (χ1v) is 7.72. The van der Waals surface area contributed by atoms with E-state index in [1.54, 1.807) is 16.8 Å². The molecule has 0 aliphatic rings. The number of benzene rings is 2. The van der Waals surface area contributed by atoms with E-state index in [0.717, 1.165) is 17.0 Å². The molecule has 1 aromatic heterocycles. The highest BCUT2D eigenvalue weighted by atomic mass is 35.5. The van der Waals surface area contributed by atoms with Gasteiger partial charge in [0.05, 0.1) is 12.3 Å². The maximum Gasteiger partial charge on any atom is 0.288 e. The Bertz CT molecular complexity index is 857. The average molecular weight is 343 g/mol. The van der Waals surface area contributed by atoms with Gasteiger partial charge in [-0.15, -0.1) is 5.10 Å². The van der Waals surface area contributed by atoms with Crippen LogP contribution in [0.5, 0.6) is 5.75 Å². The van der Waals surface area contributed by atoms with Crippen LogP contribution in [0, 0.1) is 0 Å². The Labute approximate surface area is 143 Å². The molecule has 6 nitrogen and oxygen atoms in total. The Morgan fingerprint density at radius 2 is 1.83 bits per heavy atom. The molecule has 1 heterocycles. The maximum absolute atomic E-state index is 11.5.